The lowest BCUT2D eigenvalue weighted by molar-refractivity contribution is 0.0826. The summed E-state index contributed by atoms with van der Waals surface area (Å²) < 4.78 is 0. The molecule has 0 spiro atoms. The van der Waals surface area contributed by atoms with Gasteiger partial charge in [-0.15, -0.1) is 0 Å². The van der Waals surface area contributed by atoms with Crippen molar-refractivity contribution in [2.45, 2.75) is 37.2 Å². The molecule has 1 atom stereocenters. The number of nitrogens with two attached hydrogens (primary N) is 1. The summed E-state index contributed by atoms with van der Waals surface area (Å²) in [6.07, 6.45) is 4.94. The molecule has 1 saturated carbocycles. The van der Waals surface area contributed by atoms with E-state index < -0.39 is 6.10 Å². The average molecular weight is 303 g/mol. The smallest absolute Gasteiger partial charge is 0.129 e. The second kappa shape index (κ2) is 5.66. The number of halogens is 1. The highest BCUT2D eigenvalue weighted by atomic mass is 35.5. The van der Waals surface area contributed by atoms with Crippen molar-refractivity contribution < 1.29 is 5.11 Å². The van der Waals surface area contributed by atoms with E-state index in [9.17, 15) is 5.11 Å². The van der Waals surface area contributed by atoms with E-state index in [1.165, 1.54) is 6.20 Å². The van der Waals surface area contributed by atoms with E-state index in [0.29, 0.717) is 16.4 Å². The summed E-state index contributed by atoms with van der Waals surface area (Å²) in [5.74, 6) is 0.356. The molecule has 3 nitrogen and oxygen atoms in total. The summed E-state index contributed by atoms with van der Waals surface area (Å²) in [4.78, 5) is 4.08. The number of pyridine rings is 1. The molecule has 1 heterocycles. The molecular formula is C17H19ClN2O. The summed E-state index contributed by atoms with van der Waals surface area (Å²) in [5, 5.41) is 11.6. The van der Waals surface area contributed by atoms with Crippen molar-refractivity contribution in [3.63, 3.8) is 0 Å². The molecule has 1 aliphatic carbocycles. The molecule has 3 rings (SSSR count). The van der Waals surface area contributed by atoms with Crippen molar-refractivity contribution in [3.8, 4) is 0 Å². The molecule has 1 aromatic heterocycles. The van der Waals surface area contributed by atoms with Crippen molar-refractivity contribution in [2.75, 3.05) is 5.73 Å². The molecule has 0 aliphatic heterocycles. The van der Waals surface area contributed by atoms with E-state index in [0.717, 1.165) is 31.2 Å². The number of aromatic nitrogens is 1. The molecule has 21 heavy (non-hydrogen) atoms. The molecule has 3 N–H and O–H groups in total. The van der Waals surface area contributed by atoms with Crippen LogP contribution in [0.15, 0.2) is 42.6 Å². The van der Waals surface area contributed by atoms with Crippen molar-refractivity contribution >= 4 is 17.4 Å². The maximum Gasteiger partial charge on any atom is 0.129 e. The molecule has 0 saturated heterocycles. The minimum Gasteiger partial charge on any atom is -0.387 e. The number of rotatable bonds is 3. The predicted octanol–water partition coefficient (Wildman–Crippen LogP) is 3.86. The Kier molecular flexibility index (Phi) is 3.87. The molecule has 0 amide bonds. The van der Waals surface area contributed by atoms with Crippen LogP contribution in [-0.2, 0) is 5.41 Å². The quantitative estimate of drug-likeness (QED) is 0.905. The fraction of sp³-hybridized carbons (Fsp3) is 0.353. The number of nitrogens with zero attached hydrogens (tertiary/aromatic N) is 1. The minimum atomic E-state index is -0.686. The lowest BCUT2D eigenvalue weighted by atomic mass is 9.72. The van der Waals surface area contributed by atoms with E-state index in [4.69, 9.17) is 17.3 Å². The number of aliphatic hydroxyl groups is 1. The maximum absolute atomic E-state index is 11.1. The SMILES string of the molecule is Nc1ncc(Cl)cc1C(O)C1(c2ccccc2)CCCC1. The molecule has 110 valence electrons. The predicted molar refractivity (Wildman–Crippen MR) is 85.2 cm³/mol. The summed E-state index contributed by atoms with van der Waals surface area (Å²) in [5.41, 5.74) is 7.47. The Morgan fingerprint density at radius 3 is 2.52 bits per heavy atom. The second-order valence-electron chi connectivity index (χ2n) is 5.76. The first-order valence-corrected chi connectivity index (χ1v) is 7.66. The van der Waals surface area contributed by atoms with E-state index in [1.807, 2.05) is 18.2 Å². The van der Waals surface area contributed by atoms with Crippen molar-refractivity contribution in [2.24, 2.45) is 0 Å². The molecular weight excluding hydrogens is 284 g/mol. The van der Waals surface area contributed by atoms with Gasteiger partial charge in [-0.2, -0.15) is 0 Å². The van der Waals surface area contributed by atoms with Gasteiger partial charge in [0.1, 0.15) is 5.82 Å². The third kappa shape index (κ3) is 2.52. The fourth-order valence-electron chi connectivity index (χ4n) is 3.48. The van der Waals surface area contributed by atoms with Crippen LogP contribution in [0.25, 0.3) is 0 Å². The summed E-state index contributed by atoms with van der Waals surface area (Å²) in [6.45, 7) is 0. The number of benzene rings is 1. The van der Waals surface area contributed by atoms with Crippen LogP contribution in [0.2, 0.25) is 5.02 Å². The van der Waals surface area contributed by atoms with Crippen LogP contribution in [-0.4, -0.2) is 10.1 Å². The lowest BCUT2D eigenvalue weighted by Gasteiger charge is -2.35. The Balaban J connectivity index is 2.07. The minimum absolute atomic E-state index is 0.290. The highest BCUT2D eigenvalue weighted by Gasteiger charge is 2.43. The molecule has 0 radical (unpaired) electrons. The third-order valence-corrected chi connectivity index (χ3v) is 4.79. The number of nitrogen functional groups attached to an aromatic ring is 1. The molecule has 1 aliphatic rings. The molecule has 2 aromatic rings. The molecule has 1 aromatic carbocycles. The van der Waals surface area contributed by atoms with Crippen LogP contribution < -0.4 is 5.73 Å². The first-order chi connectivity index (χ1) is 10.1. The largest absolute Gasteiger partial charge is 0.387 e. The van der Waals surface area contributed by atoms with Crippen LogP contribution in [0.4, 0.5) is 5.82 Å². The molecule has 1 unspecified atom stereocenters. The van der Waals surface area contributed by atoms with Gasteiger partial charge in [0.05, 0.1) is 11.1 Å². The van der Waals surface area contributed by atoms with E-state index >= 15 is 0 Å². The molecule has 4 heteroatoms. The van der Waals surface area contributed by atoms with Gasteiger partial charge in [-0.05, 0) is 24.5 Å². The summed E-state index contributed by atoms with van der Waals surface area (Å²) in [7, 11) is 0. The van der Waals surface area contributed by atoms with Crippen LogP contribution >= 0.6 is 11.6 Å². The summed E-state index contributed by atoms with van der Waals surface area (Å²) >= 11 is 6.03. The van der Waals surface area contributed by atoms with E-state index in [-0.39, 0.29) is 5.41 Å². The normalized spacial score (nSPS) is 18.6. The average Bonchev–Trinajstić information content (AvgIpc) is 3.01. The van der Waals surface area contributed by atoms with Gasteiger partial charge in [0.15, 0.2) is 0 Å². The van der Waals surface area contributed by atoms with Gasteiger partial charge in [0.2, 0.25) is 0 Å². The van der Waals surface area contributed by atoms with Crippen LogP contribution in [0.1, 0.15) is 42.9 Å². The van der Waals surface area contributed by atoms with Gasteiger partial charge in [-0.3, -0.25) is 0 Å². The van der Waals surface area contributed by atoms with Crippen LogP contribution in [0, 0.1) is 0 Å². The topological polar surface area (TPSA) is 59.1 Å². The fourth-order valence-corrected chi connectivity index (χ4v) is 3.64. The monoisotopic (exact) mass is 302 g/mol. The Bertz CT molecular complexity index is 624. The first-order valence-electron chi connectivity index (χ1n) is 7.28. The van der Waals surface area contributed by atoms with E-state index in [1.54, 1.807) is 6.07 Å². The van der Waals surface area contributed by atoms with Gasteiger partial charge in [-0.1, -0.05) is 54.8 Å². The van der Waals surface area contributed by atoms with Crippen molar-refractivity contribution in [1.29, 1.82) is 0 Å². The lowest BCUT2D eigenvalue weighted by Crippen LogP contribution is -2.31. The van der Waals surface area contributed by atoms with Gasteiger partial charge in [-0.25, -0.2) is 4.98 Å². The highest BCUT2D eigenvalue weighted by molar-refractivity contribution is 6.30. The number of aliphatic hydroxyl groups excluding tert-OH is 1. The Labute approximate surface area is 129 Å². The second-order valence-corrected chi connectivity index (χ2v) is 6.20. The zero-order valence-electron chi connectivity index (χ0n) is 11.8. The Morgan fingerprint density at radius 2 is 1.86 bits per heavy atom. The molecule has 1 fully saturated rings. The van der Waals surface area contributed by atoms with Gasteiger partial charge in [0, 0.05) is 17.2 Å². The standard InChI is InChI=1S/C17H19ClN2O/c18-13-10-14(16(19)20-11-13)15(21)17(8-4-5-9-17)12-6-2-1-3-7-12/h1-3,6-7,10-11,15,21H,4-5,8-9H2,(H2,19,20). The Hall–Kier alpha value is -1.58. The van der Waals surface area contributed by atoms with Crippen molar-refractivity contribution in [1.82, 2.24) is 4.98 Å². The molecule has 0 bridgehead atoms. The highest BCUT2D eigenvalue weighted by Crippen LogP contribution is 2.50. The van der Waals surface area contributed by atoms with Gasteiger partial charge in [0.25, 0.3) is 0 Å². The first kappa shape index (κ1) is 14.4. The zero-order valence-corrected chi connectivity index (χ0v) is 12.6. The number of anilines is 1. The van der Waals surface area contributed by atoms with Crippen LogP contribution in [0.5, 0.6) is 0 Å². The van der Waals surface area contributed by atoms with Crippen molar-refractivity contribution in [3.05, 3.63) is 58.7 Å². The van der Waals surface area contributed by atoms with Gasteiger partial charge < -0.3 is 10.8 Å². The van der Waals surface area contributed by atoms with Gasteiger partial charge >= 0.3 is 0 Å². The number of hydrogen-bond acceptors (Lipinski definition) is 3. The summed E-state index contributed by atoms with van der Waals surface area (Å²) in [6, 6.07) is 11.9. The van der Waals surface area contributed by atoms with E-state index in [2.05, 4.69) is 17.1 Å². The maximum atomic E-state index is 11.1. The van der Waals surface area contributed by atoms with Crippen LogP contribution in [0.3, 0.4) is 0 Å². The Morgan fingerprint density at radius 1 is 1.19 bits per heavy atom. The third-order valence-electron chi connectivity index (χ3n) is 4.58. The number of hydrogen-bond donors (Lipinski definition) is 2. The zero-order chi connectivity index (χ0) is 14.9.